The van der Waals surface area contributed by atoms with Crippen LogP contribution in [-0.2, 0) is 6.54 Å². The molecule has 3 heteroatoms. The summed E-state index contributed by atoms with van der Waals surface area (Å²) in [5, 5.41) is 0. The van der Waals surface area contributed by atoms with Crippen LogP contribution in [0.25, 0.3) is 0 Å². The van der Waals surface area contributed by atoms with E-state index < -0.39 is 0 Å². The van der Waals surface area contributed by atoms with Gasteiger partial charge in [-0.3, -0.25) is 0 Å². The van der Waals surface area contributed by atoms with Crippen LogP contribution < -0.4 is 5.73 Å². The predicted octanol–water partition coefficient (Wildman–Crippen LogP) is 4.05. The number of nitrogens with two attached hydrogens (primary N) is 1. The van der Waals surface area contributed by atoms with E-state index in [1.54, 1.807) is 6.07 Å². The van der Waals surface area contributed by atoms with Gasteiger partial charge in [0.05, 0.1) is 0 Å². The maximum atomic E-state index is 13.6. The molecular formula is C18H31FN2. The second-order valence-electron chi connectivity index (χ2n) is 7.11. The Kier molecular flexibility index (Phi) is 7.33. The molecule has 2 N–H and O–H groups in total. The summed E-state index contributed by atoms with van der Waals surface area (Å²) in [6.07, 6.45) is 3.40. The van der Waals surface area contributed by atoms with Crippen LogP contribution in [0.2, 0.25) is 0 Å². The van der Waals surface area contributed by atoms with Crippen molar-refractivity contribution in [3.63, 3.8) is 0 Å². The Bertz CT molecular complexity index is 412. The fourth-order valence-electron chi connectivity index (χ4n) is 2.82. The zero-order valence-corrected chi connectivity index (χ0v) is 14.0. The van der Waals surface area contributed by atoms with Gasteiger partial charge in [0.2, 0.25) is 0 Å². The van der Waals surface area contributed by atoms with Gasteiger partial charge in [0.1, 0.15) is 5.82 Å². The highest BCUT2D eigenvalue weighted by atomic mass is 19.1. The molecule has 1 aromatic carbocycles. The van der Waals surface area contributed by atoms with Gasteiger partial charge in [-0.1, -0.05) is 39.0 Å². The molecule has 0 bridgehead atoms. The largest absolute Gasteiger partial charge is 0.330 e. The molecule has 120 valence electrons. The van der Waals surface area contributed by atoms with E-state index in [1.165, 1.54) is 12.5 Å². The van der Waals surface area contributed by atoms with Crippen molar-refractivity contribution in [2.45, 2.75) is 46.6 Å². The molecule has 0 saturated heterocycles. The highest BCUT2D eigenvalue weighted by Crippen LogP contribution is 2.32. The van der Waals surface area contributed by atoms with Crippen LogP contribution in [0.4, 0.5) is 4.39 Å². The summed E-state index contributed by atoms with van der Waals surface area (Å²) in [6, 6.07) is 7.01. The van der Waals surface area contributed by atoms with Gasteiger partial charge in [0.15, 0.2) is 0 Å². The topological polar surface area (TPSA) is 29.3 Å². The van der Waals surface area contributed by atoms with Gasteiger partial charge in [-0.2, -0.15) is 0 Å². The van der Waals surface area contributed by atoms with Crippen molar-refractivity contribution >= 4 is 0 Å². The molecule has 1 unspecified atom stereocenters. The van der Waals surface area contributed by atoms with Crippen LogP contribution in [0.15, 0.2) is 24.3 Å². The molecule has 0 spiro atoms. The van der Waals surface area contributed by atoms with Crippen LogP contribution in [0.3, 0.4) is 0 Å². The van der Waals surface area contributed by atoms with Crippen molar-refractivity contribution in [1.82, 2.24) is 4.90 Å². The Morgan fingerprint density at radius 3 is 2.43 bits per heavy atom. The minimum Gasteiger partial charge on any atom is -0.330 e. The molecule has 0 amide bonds. The quantitative estimate of drug-likeness (QED) is 0.784. The lowest BCUT2D eigenvalue weighted by Crippen LogP contribution is -2.26. The summed E-state index contributed by atoms with van der Waals surface area (Å²) >= 11 is 0. The third kappa shape index (κ3) is 6.58. The van der Waals surface area contributed by atoms with Crippen molar-refractivity contribution in [2.75, 3.05) is 20.1 Å². The van der Waals surface area contributed by atoms with E-state index in [0.717, 1.165) is 31.5 Å². The first kappa shape index (κ1) is 18.1. The molecule has 0 aromatic heterocycles. The summed E-state index contributed by atoms with van der Waals surface area (Å²) < 4.78 is 13.6. The number of rotatable bonds is 8. The first-order chi connectivity index (χ1) is 9.84. The Morgan fingerprint density at radius 1 is 1.19 bits per heavy atom. The number of hydrogen-bond acceptors (Lipinski definition) is 2. The van der Waals surface area contributed by atoms with Gasteiger partial charge >= 0.3 is 0 Å². The molecule has 0 aliphatic carbocycles. The second kappa shape index (κ2) is 8.50. The van der Waals surface area contributed by atoms with Crippen LogP contribution in [0, 0.1) is 17.2 Å². The van der Waals surface area contributed by atoms with Gasteiger partial charge < -0.3 is 10.6 Å². The highest BCUT2D eigenvalue weighted by Gasteiger charge is 2.23. The minimum absolute atomic E-state index is 0.111. The molecule has 0 saturated carbocycles. The molecule has 0 radical (unpaired) electrons. The lowest BCUT2D eigenvalue weighted by atomic mass is 9.76. The van der Waals surface area contributed by atoms with Crippen molar-refractivity contribution in [3.05, 3.63) is 35.6 Å². The van der Waals surface area contributed by atoms with Crippen molar-refractivity contribution in [2.24, 2.45) is 17.1 Å². The summed E-state index contributed by atoms with van der Waals surface area (Å²) in [7, 11) is 2.06. The van der Waals surface area contributed by atoms with Gasteiger partial charge in [-0.05, 0) is 56.8 Å². The average Bonchev–Trinajstić information content (AvgIpc) is 2.39. The maximum Gasteiger partial charge on any atom is 0.127 e. The SMILES string of the molecule is CN(CCCC(CCN)C(C)(C)C)Cc1ccccc1F. The molecule has 21 heavy (non-hydrogen) atoms. The molecule has 1 rings (SSSR count). The molecule has 0 aliphatic heterocycles. The van der Waals surface area contributed by atoms with Crippen molar-refractivity contribution in [1.29, 1.82) is 0 Å². The van der Waals surface area contributed by atoms with Gasteiger partial charge in [0, 0.05) is 12.1 Å². The highest BCUT2D eigenvalue weighted by molar-refractivity contribution is 5.16. The smallest absolute Gasteiger partial charge is 0.127 e. The molecule has 2 nitrogen and oxygen atoms in total. The van der Waals surface area contributed by atoms with Crippen molar-refractivity contribution < 1.29 is 4.39 Å². The van der Waals surface area contributed by atoms with E-state index in [0.29, 0.717) is 17.9 Å². The van der Waals surface area contributed by atoms with Crippen LogP contribution in [0.5, 0.6) is 0 Å². The standard InChI is InChI=1S/C18H31FN2/c1-18(2,3)16(11-12-20)9-7-13-21(4)14-15-8-5-6-10-17(15)19/h5-6,8,10,16H,7,9,11-14,20H2,1-4H3. The fourth-order valence-corrected chi connectivity index (χ4v) is 2.82. The monoisotopic (exact) mass is 294 g/mol. The Balaban J connectivity index is 2.39. The van der Waals surface area contributed by atoms with Crippen LogP contribution in [-0.4, -0.2) is 25.0 Å². The summed E-state index contributed by atoms with van der Waals surface area (Å²) in [5.41, 5.74) is 6.81. The maximum absolute atomic E-state index is 13.6. The van der Waals surface area contributed by atoms with Crippen LogP contribution >= 0.6 is 0 Å². The Labute approximate surface area is 129 Å². The zero-order chi connectivity index (χ0) is 15.9. The van der Waals surface area contributed by atoms with Crippen LogP contribution in [0.1, 0.15) is 45.6 Å². The molecular weight excluding hydrogens is 263 g/mol. The Morgan fingerprint density at radius 2 is 1.86 bits per heavy atom. The van der Waals surface area contributed by atoms with E-state index in [9.17, 15) is 4.39 Å². The van der Waals surface area contributed by atoms with Gasteiger partial charge in [-0.25, -0.2) is 4.39 Å². The summed E-state index contributed by atoms with van der Waals surface area (Å²) in [4.78, 5) is 2.20. The zero-order valence-electron chi connectivity index (χ0n) is 14.0. The number of benzene rings is 1. The predicted molar refractivity (Wildman–Crippen MR) is 88.6 cm³/mol. The van der Waals surface area contributed by atoms with Gasteiger partial charge in [-0.15, -0.1) is 0 Å². The Hall–Kier alpha value is -0.930. The molecule has 0 fully saturated rings. The lowest BCUT2D eigenvalue weighted by molar-refractivity contribution is 0.199. The number of nitrogens with zero attached hydrogens (tertiary/aromatic N) is 1. The number of hydrogen-bond donors (Lipinski definition) is 1. The van der Waals surface area contributed by atoms with E-state index in [-0.39, 0.29) is 5.82 Å². The molecule has 0 heterocycles. The first-order valence-electron chi connectivity index (χ1n) is 7.96. The average molecular weight is 294 g/mol. The van der Waals surface area contributed by atoms with E-state index in [1.807, 2.05) is 12.1 Å². The lowest BCUT2D eigenvalue weighted by Gasteiger charge is -2.31. The van der Waals surface area contributed by atoms with Crippen molar-refractivity contribution in [3.8, 4) is 0 Å². The van der Waals surface area contributed by atoms with E-state index in [2.05, 4.69) is 32.7 Å². The normalized spacial score (nSPS) is 13.7. The summed E-state index contributed by atoms with van der Waals surface area (Å²) in [6.45, 7) is 9.28. The minimum atomic E-state index is -0.111. The second-order valence-corrected chi connectivity index (χ2v) is 7.11. The van der Waals surface area contributed by atoms with Gasteiger partial charge in [0.25, 0.3) is 0 Å². The third-order valence-electron chi connectivity index (χ3n) is 4.23. The van der Waals surface area contributed by atoms with E-state index in [4.69, 9.17) is 5.73 Å². The molecule has 0 aliphatic rings. The molecule has 1 atom stereocenters. The van der Waals surface area contributed by atoms with E-state index >= 15 is 0 Å². The summed E-state index contributed by atoms with van der Waals surface area (Å²) in [5.74, 6) is 0.546. The number of halogens is 1. The fraction of sp³-hybridized carbons (Fsp3) is 0.667. The third-order valence-corrected chi connectivity index (χ3v) is 4.23. The first-order valence-corrected chi connectivity index (χ1v) is 7.96. The molecule has 1 aromatic rings.